The first-order valence-corrected chi connectivity index (χ1v) is 12.3. The second kappa shape index (κ2) is 12.0. The maximum absolute atomic E-state index is 13.8. The van der Waals surface area contributed by atoms with Crippen LogP contribution in [-0.2, 0) is 9.53 Å². The number of hydrogen-bond donors (Lipinski definition) is 2. The molecule has 1 saturated carbocycles. The number of nitrogens with zero attached hydrogens (tertiary/aromatic N) is 2. The van der Waals surface area contributed by atoms with Gasteiger partial charge in [0, 0.05) is 24.5 Å². The smallest absolute Gasteiger partial charge is 0.326 e. The number of amides is 2. The fourth-order valence-corrected chi connectivity index (χ4v) is 4.60. The van der Waals surface area contributed by atoms with Gasteiger partial charge in [-0.25, -0.2) is 9.78 Å². The number of aryl methyl sites for hydroxylation is 1. The van der Waals surface area contributed by atoms with Crippen LogP contribution in [0.1, 0.15) is 63.6 Å². The molecule has 1 aliphatic carbocycles. The first-order valence-electron chi connectivity index (χ1n) is 12.3. The first-order chi connectivity index (χ1) is 16.7. The Bertz CT molecular complexity index is 1020. The largest absolute Gasteiger partial charge is 0.481 e. The molecular weight excluding hydrogens is 446 g/mol. The predicted octanol–water partition coefficient (Wildman–Crippen LogP) is 5.61. The van der Waals surface area contributed by atoms with Crippen molar-refractivity contribution in [3.05, 3.63) is 47.7 Å². The maximum Gasteiger partial charge on any atom is 0.326 e. The van der Waals surface area contributed by atoms with E-state index in [1.165, 1.54) is 0 Å². The number of hydrogen-bond acceptors (Lipinski definition) is 5. The number of para-hydroxylation sites is 1. The molecule has 1 heterocycles. The number of aliphatic carboxylic acids is 1. The van der Waals surface area contributed by atoms with Crippen LogP contribution in [0, 0.1) is 12.8 Å². The van der Waals surface area contributed by atoms with Crippen molar-refractivity contribution in [2.45, 2.75) is 71.4 Å². The Morgan fingerprint density at radius 3 is 2.43 bits per heavy atom. The zero-order chi connectivity index (χ0) is 25.5. The van der Waals surface area contributed by atoms with Crippen LogP contribution in [-0.4, -0.2) is 48.0 Å². The van der Waals surface area contributed by atoms with Gasteiger partial charge in [-0.05, 0) is 69.2 Å². The van der Waals surface area contributed by atoms with E-state index in [0.29, 0.717) is 43.9 Å². The van der Waals surface area contributed by atoms with Crippen LogP contribution in [0.3, 0.4) is 0 Å². The number of anilines is 2. The van der Waals surface area contributed by atoms with Crippen LogP contribution in [0.2, 0.25) is 0 Å². The third-order valence-electron chi connectivity index (χ3n) is 6.40. The zero-order valence-electron chi connectivity index (χ0n) is 21.3. The number of carbonyl (C=O) groups excluding carboxylic acids is 1. The number of carboxylic acids is 1. The van der Waals surface area contributed by atoms with Crippen molar-refractivity contribution in [2.75, 3.05) is 23.9 Å². The second-order valence-electron chi connectivity index (χ2n) is 9.55. The topological polar surface area (TPSA) is 101 Å². The van der Waals surface area contributed by atoms with Crippen molar-refractivity contribution in [3.8, 4) is 5.88 Å². The highest BCUT2D eigenvalue weighted by atomic mass is 16.5. The second-order valence-corrected chi connectivity index (χ2v) is 9.55. The third-order valence-corrected chi connectivity index (χ3v) is 6.40. The monoisotopic (exact) mass is 483 g/mol. The van der Waals surface area contributed by atoms with E-state index < -0.39 is 5.97 Å². The Balaban J connectivity index is 1.93. The van der Waals surface area contributed by atoms with E-state index in [4.69, 9.17) is 9.47 Å². The van der Waals surface area contributed by atoms with Crippen molar-refractivity contribution in [1.29, 1.82) is 0 Å². The van der Waals surface area contributed by atoms with Crippen molar-refractivity contribution in [2.24, 2.45) is 5.92 Å². The van der Waals surface area contributed by atoms with E-state index in [1.807, 2.05) is 44.2 Å². The summed E-state index contributed by atoms with van der Waals surface area (Å²) < 4.78 is 11.1. The van der Waals surface area contributed by atoms with Gasteiger partial charge in [0.15, 0.2) is 0 Å². The molecule has 0 aliphatic heterocycles. The molecule has 8 nitrogen and oxygen atoms in total. The quantitative estimate of drug-likeness (QED) is 0.481. The minimum atomic E-state index is -0.764. The van der Waals surface area contributed by atoms with Gasteiger partial charge >= 0.3 is 12.0 Å². The number of urea groups is 1. The van der Waals surface area contributed by atoms with Crippen LogP contribution in [0.4, 0.5) is 16.2 Å². The summed E-state index contributed by atoms with van der Waals surface area (Å²) in [6, 6.07) is 11.1. The number of rotatable bonds is 9. The van der Waals surface area contributed by atoms with Gasteiger partial charge < -0.3 is 19.9 Å². The zero-order valence-corrected chi connectivity index (χ0v) is 21.3. The predicted molar refractivity (Wildman–Crippen MR) is 136 cm³/mol. The molecule has 190 valence electrons. The van der Waals surface area contributed by atoms with E-state index in [2.05, 4.69) is 24.1 Å². The number of benzene rings is 1. The summed E-state index contributed by atoms with van der Waals surface area (Å²) in [4.78, 5) is 31.6. The number of methoxy groups -OCH3 is 1. The molecule has 1 aliphatic rings. The van der Waals surface area contributed by atoms with E-state index >= 15 is 0 Å². The molecular formula is C27H37N3O5. The normalized spacial score (nSPS) is 18.7. The molecule has 0 saturated heterocycles. The van der Waals surface area contributed by atoms with E-state index in [0.717, 1.165) is 16.9 Å². The van der Waals surface area contributed by atoms with Crippen molar-refractivity contribution in [1.82, 2.24) is 4.98 Å². The van der Waals surface area contributed by atoms with E-state index in [-0.39, 0.29) is 30.0 Å². The van der Waals surface area contributed by atoms with Gasteiger partial charge in [-0.3, -0.25) is 9.69 Å². The Morgan fingerprint density at radius 1 is 1.11 bits per heavy atom. The highest BCUT2D eigenvalue weighted by Crippen LogP contribution is 2.36. The van der Waals surface area contributed by atoms with Crippen LogP contribution >= 0.6 is 0 Å². The molecule has 1 aromatic heterocycles. The standard InChI is InChI=1S/C27H37N3O5/c1-17(2)22-8-6-7-9-24(22)30(21-13-11-20(12-14-21)26(31)32)27(33)29-23-15-10-18(3)28-25(23)35-19(4)16-34-5/h6-10,15,17,19-21H,11-14,16H2,1-5H3,(H,29,33)(H,31,32). The number of pyridine rings is 1. The summed E-state index contributed by atoms with van der Waals surface area (Å²) >= 11 is 0. The Morgan fingerprint density at radius 2 is 1.80 bits per heavy atom. The lowest BCUT2D eigenvalue weighted by atomic mass is 9.85. The highest BCUT2D eigenvalue weighted by molar-refractivity contribution is 6.03. The van der Waals surface area contributed by atoms with E-state index in [1.54, 1.807) is 18.1 Å². The number of nitrogens with one attached hydrogen (secondary N) is 1. The summed E-state index contributed by atoms with van der Waals surface area (Å²) in [6.07, 6.45) is 2.09. The molecule has 1 atom stereocenters. The molecule has 0 bridgehead atoms. The average molecular weight is 484 g/mol. The SMILES string of the molecule is COCC(C)Oc1nc(C)ccc1NC(=O)N(c1ccccc1C(C)C)C1CCC(C(=O)O)CC1. The molecule has 1 fully saturated rings. The highest BCUT2D eigenvalue weighted by Gasteiger charge is 2.34. The summed E-state index contributed by atoms with van der Waals surface area (Å²) in [7, 11) is 1.61. The molecule has 1 unspecified atom stereocenters. The van der Waals surface area contributed by atoms with Gasteiger partial charge in [-0.15, -0.1) is 0 Å². The number of ether oxygens (including phenoxy) is 2. The lowest BCUT2D eigenvalue weighted by Gasteiger charge is -2.37. The third kappa shape index (κ3) is 6.72. The summed E-state index contributed by atoms with van der Waals surface area (Å²) in [5.74, 6) is -0.568. The van der Waals surface area contributed by atoms with Gasteiger partial charge in [-0.1, -0.05) is 32.0 Å². The Hall–Kier alpha value is -3.13. The summed E-state index contributed by atoms with van der Waals surface area (Å²) in [5.41, 5.74) is 3.16. The molecule has 0 radical (unpaired) electrons. The summed E-state index contributed by atoms with van der Waals surface area (Å²) in [5, 5.41) is 12.5. The van der Waals surface area contributed by atoms with Crippen molar-refractivity contribution < 1.29 is 24.2 Å². The first kappa shape index (κ1) is 26.5. The van der Waals surface area contributed by atoms with Crippen LogP contribution < -0.4 is 15.0 Å². The number of carboxylic acid groups (broad SMARTS) is 1. The van der Waals surface area contributed by atoms with Gasteiger partial charge in [0.2, 0.25) is 5.88 Å². The van der Waals surface area contributed by atoms with Gasteiger partial charge in [0.1, 0.15) is 11.8 Å². The van der Waals surface area contributed by atoms with Crippen LogP contribution in [0.25, 0.3) is 0 Å². The molecule has 1 aromatic carbocycles. The Labute approximate surface area is 207 Å². The minimum Gasteiger partial charge on any atom is -0.481 e. The van der Waals surface area contributed by atoms with Gasteiger partial charge in [-0.2, -0.15) is 0 Å². The number of carbonyl (C=O) groups is 2. The van der Waals surface area contributed by atoms with Gasteiger partial charge in [0.25, 0.3) is 0 Å². The number of aromatic nitrogens is 1. The molecule has 35 heavy (non-hydrogen) atoms. The van der Waals surface area contributed by atoms with Crippen molar-refractivity contribution >= 4 is 23.4 Å². The molecule has 3 rings (SSSR count). The van der Waals surface area contributed by atoms with Crippen LogP contribution in [0.5, 0.6) is 5.88 Å². The molecule has 2 amide bonds. The minimum absolute atomic E-state index is 0.110. The summed E-state index contributed by atoms with van der Waals surface area (Å²) in [6.45, 7) is 8.34. The maximum atomic E-state index is 13.8. The lowest BCUT2D eigenvalue weighted by Crippen LogP contribution is -2.46. The van der Waals surface area contributed by atoms with Crippen LogP contribution in [0.15, 0.2) is 36.4 Å². The molecule has 2 aromatic rings. The molecule has 8 heteroatoms. The Kier molecular flexibility index (Phi) is 9.09. The average Bonchev–Trinajstić information content (AvgIpc) is 2.81. The van der Waals surface area contributed by atoms with Gasteiger partial charge in [0.05, 0.1) is 12.5 Å². The fourth-order valence-electron chi connectivity index (χ4n) is 4.60. The molecule has 0 spiro atoms. The van der Waals surface area contributed by atoms with Crippen molar-refractivity contribution in [3.63, 3.8) is 0 Å². The molecule has 2 N–H and O–H groups in total. The lowest BCUT2D eigenvalue weighted by molar-refractivity contribution is -0.142. The fraction of sp³-hybridized carbons (Fsp3) is 0.519. The van der Waals surface area contributed by atoms with E-state index in [9.17, 15) is 14.7 Å².